The molecule has 4 aromatic heterocycles. The highest BCUT2D eigenvalue weighted by atomic mass is 32.1. The first-order valence-electron chi connectivity index (χ1n) is 19.8. The van der Waals surface area contributed by atoms with Crippen molar-refractivity contribution in [2.75, 3.05) is 0 Å². The maximum Gasteiger partial charge on any atom is 0.164 e. The molecule has 0 bridgehead atoms. The van der Waals surface area contributed by atoms with Crippen molar-refractivity contribution in [2.24, 2.45) is 0 Å². The van der Waals surface area contributed by atoms with E-state index in [9.17, 15) is 0 Å². The van der Waals surface area contributed by atoms with E-state index < -0.39 is 0 Å². The largest absolute Gasteiger partial charge is 0.317 e. The van der Waals surface area contributed by atoms with Crippen LogP contribution in [0.25, 0.3) is 110 Å². The van der Waals surface area contributed by atoms with Gasteiger partial charge in [0.25, 0.3) is 0 Å². The maximum absolute atomic E-state index is 5.19. The topological polar surface area (TPSA) is 48.5 Å². The van der Waals surface area contributed by atoms with Crippen LogP contribution in [0.5, 0.6) is 0 Å². The Hall–Kier alpha value is -7.67. The monoisotopic (exact) mass is 771 g/mol. The van der Waals surface area contributed by atoms with Gasteiger partial charge < -0.3 is 9.13 Å². The summed E-state index contributed by atoms with van der Waals surface area (Å²) in [6.07, 6.45) is 2.18. The van der Waals surface area contributed by atoms with Gasteiger partial charge in [0.15, 0.2) is 17.5 Å². The zero-order valence-corrected chi connectivity index (χ0v) is 32.5. The quantitative estimate of drug-likeness (QED) is 0.169. The third-order valence-electron chi connectivity index (χ3n) is 11.3. The molecule has 59 heavy (non-hydrogen) atoms. The Kier molecular flexibility index (Phi) is 7.64. The van der Waals surface area contributed by atoms with Gasteiger partial charge in [0, 0.05) is 70.6 Å². The summed E-state index contributed by atoms with van der Waals surface area (Å²) in [6, 6.07) is 68.8. The summed E-state index contributed by atoms with van der Waals surface area (Å²) in [6.45, 7) is 0. The van der Waals surface area contributed by atoms with Crippen LogP contribution in [0.4, 0.5) is 0 Å². The van der Waals surface area contributed by atoms with E-state index in [4.69, 9.17) is 15.0 Å². The molecule has 12 aromatic rings. The third kappa shape index (κ3) is 5.64. The number of nitrogens with zero attached hydrogens (tertiary/aromatic N) is 5. The van der Waals surface area contributed by atoms with Crippen LogP contribution in [-0.2, 0) is 0 Å². The minimum Gasteiger partial charge on any atom is -0.317 e. The highest BCUT2D eigenvalue weighted by molar-refractivity contribution is 7.25. The predicted molar refractivity (Wildman–Crippen MR) is 246 cm³/mol. The van der Waals surface area contributed by atoms with Gasteiger partial charge in [-0.05, 0) is 77.9 Å². The van der Waals surface area contributed by atoms with E-state index in [1.54, 1.807) is 0 Å². The molecule has 0 saturated heterocycles. The summed E-state index contributed by atoms with van der Waals surface area (Å²) >= 11 is 1.86. The Bertz CT molecular complexity index is 3480. The molecule has 8 aromatic carbocycles. The van der Waals surface area contributed by atoms with Crippen LogP contribution in [0.3, 0.4) is 0 Å². The fourth-order valence-electron chi connectivity index (χ4n) is 8.56. The van der Waals surface area contributed by atoms with E-state index in [1.807, 2.05) is 47.7 Å². The second-order valence-electron chi connectivity index (χ2n) is 14.9. The van der Waals surface area contributed by atoms with E-state index in [0.717, 1.165) is 50.2 Å². The lowest BCUT2D eigenvalue weighted by atomic mass is 10.0. The molecule has 0 aliphatic rings. The second-order valence-corrected chi connectivity index (χ2v) is 16.0. The van der Waals surface area contributed by atoms with Crippen molar-refractivity contribution >= 4 is 64.2 Å². The van der Waals surface area contributed by atoms with Gasteiger partial charge in [0.05, 0.1) is 16.6 Å². The van der Waals surface area contributed by atoms with Crippen molar-refractivity contribution in [3.63, 3.8) is 0 Å². The average Bonchev–Trinajstić information content (AvgIpc) is 3.99. The molecule has 6 heteroatoms. The van der Waals surface area contributed by atoms with Gasteiger partial charge in [0.1, 0.15) is 0 Å². The summed E-state index contributed by atoms with van der Waals surface area (Å²) < 4.78 is 7.31. The lowest BCUT2D eigenvalue weighted by molar-refractivity contribution is 1.07. The Morgan fingerprint density at radius 3 is 1.58 bits per heavy atom. The molecule has 0 aliphatic carbocycles. The van der Waals surface area contributed by atoms with Crippen molar-refractivity contribution < 1.29 is 0 Å². The van der Waals surface area contributed by atoms with Crippen molar-refractivity contribution in [1.29, 1.82) is 0 Å². The second kappa shape index (κ2) is 13.5. The Balaban J connectivity index is 1.17. The number of benzene rings is 8. The van der Waals surface area contributed by atoms with Crippen LogP contribution in [0, 0.1) is 0 Å². The lowest BCUT2D eigenvalue weighted by Gasteiger charge is -2.15. The molecule has 0 aliphatic heterocycles. The molecule has 0 atom stereocenters. The molecular formula is C53H33N5S. The van der Waals surface area contributed by atoms with Gasteiger partial charge in [-0.2, -0.15) is 0 Å². The molecule has 0 unspecified atom stereocenters. The van der Waals surface area contributed by atoms with Crippen molar-refractivity contribution in [2.45, 2.75) is 0 Å². The van der Waals surface area contributed by atoms with Crippen molar-refractivity contribution in [3.8, 4) is 56.7 Å². The van der Waals surface area contributed by atoms with E-state index in [0.29, 0.717) is 17.5 Å². The number of para-hydroxylation sites is 1. The van der Waals surface area contributed by atoms with Gasteiger partial charge in [-0.25, -0.2) is 15.0 Å². The first-order chi connectivity index (χ1) is 29.2. The average molecular weight is 772 g/mol. The van der Waals surface area contributed by atoms with E-state index in [-0.39, 0.29) is 0 Å². The molecular weight excluding hydrogens is 739 g/mol. The number of fused-ring (bicyclic) bond motifs is 7. The van der Waals surface area contributed by atoms with Crippen LogP contribution >= 0.6 is 11.3 Å². The molecule has 0 amide bonds. The van der Waals surface area contributed by atoms with Crippen molar-refractivity contribution in [3.05, 3.63) is 200 Å². The number of thiophene rings is 1. The number of hydrogen-bond acceptors (Lipinski definition) is 4. The fraction of sp³-hybridized carbons (Fsp3) is 0. The fourth-order valence-corrected chi connectivity index (χ4v) is 9.68. The van der Waals surface area contributed by atoms with Crippen molar-refractivity contribution in [1.82, 2.24) is 24.1 Å². The number of aromatic nitrogens is 5. The normalized spacial score (nSPS) is 11.7. The summed E-state index contributed by atoms with van der Waals surface area (Å²) in [4.78, 5) is 15.4. The first-order valence-corrected chi connectivity index (χ1v) is 20.6. The highest BCUT2D eigenvalue weighted by Gasteiger charge is 2.20. The smallest absolute Gasteiger partial charge is 0.164 e. The third-order valence-corrected chi connectivity index (χ3v) is 12.5. The van der Waals surface area contributed by atoms with Gasteiger partial charge in [-0.1, -0.05) is 127 Å². The standard InChI is InChI=1S/C53H33N5S/c1-5-15-34(16-6-1)38-27-39(53-55-51(35-17-7-2-8-18-35)54-52(56-53)36-19-9-3-10-20-36)29-41(28-38)58-47-30-37-25-26-57(40-21-11-4-12-22-40)46(37)31-43(47)44-33-50-45(32-48(44)58)42-23-13-14-24-49(42)59-50/h1-33H. The minimum absolute atomic E-state index is 0.617. The Morgan fingerprint density at radius 1 is 0.339 bits per heavy atom. The van der Waals surface area contributed by atoms with Crippen LogP contribution in [0.15, 0.2) is 200 Å². The molecule has 5 nitrogen and oxygen atoms in total. The molecule has 0 fully saturated rings. The first kappa shape index (κ1) is 33.5. The van der Waals surface area contributed by atoms with Crippen LogP contribution in [0.1, 0.15) is 0 Å². The van der Waals surface area contributed by atoms with Crippen LogP contribution in [-0.4, -0.2) is 24.1 Å². The Labute approximate surface area is 343 Å². The predicted octanol–water partition coefficient (Wildman–Crippen LogP) is 13.9. The van der Waals surface area contributed by atoms with Crippen LogP contribution in [0.2, 0.25) is 0 Å². The molecule has 0 N–H and O–H groups in total. The van der Waals surface area contributed by atoms with Gasteiger partial charge >= 0.3 is 0 Å². The number of hydrogen-bond donors (Lipinski definition) is 0. The molecule has 276 valence electrons. The van der Waals surface area contributed by atoms with Gasteiger partial charge in [-0.3, -0.25) is 0 Å². The van der Waals surface area contributed by atoms with E-state index >= 15 is 0 Å². The minimum atomic E-state index is 0.617. The molecule has 0 spiro atoms. The Morgan fingerprint density at radius 2 is 0.881 bits per heavy atom. The molecule has 0 radical (unpaired) electrons. The lowest BCUT2D eigenvalue weighted by Crippen LogP contribution is -2.01. The zero-order valence-electron chi connectivity index (χ0n) is 31.7. The van der Waals surface area contributed by atoms with E-state index in [2.05, 4.69) is 173 Å². The number of rotatable bonds is 6. The van der Waals surface area contributed by atoms with Gasteiger partial charge in [0.2, 0.25) is 0 Å². The van der Waals surface area contributed by atoms with Crippen LogP contribution < -0.4 is 0 Å². The molecule has 4 heterocycles. The SMILES string of the molecule is c1ccc(-c2cc(-c3nc(-c4ccccc4)nc(-c4ccccc4)n3)cc(-n3c4cc5ccn(-c6ccccc6)c5cc4c4cc5sc6ccccc6c5cc43)c2)cc1. The van der Waals surface area contributed by atoms with Gasteiger partial charge in [-0.15, -0.1) is 11.3 Å². The molecule has 12 rings (SSSR count). The highest BCUT2D eigenvalue weighted by Crippen LogP contribution is 2.43. The van der Waals surface area contributed by atoms with E-state index in [1.165, 1.54) is 41.8 Å². The maximum atomic E-state index is 5.19. The summed E-state index contributed by atoms with van der Waals surface area (Å²) in [7, 11) is 0. The molecule has 0 saturated carbocycles. The zero-order chi connectivity index (χ0) is 38.9. The summed E-state index contributed by atoms with van der Waals surface area (Å²) in [5, 5.41) is 6.13. The summed E-state index contributed by atoms with van der Waals surface area (Å²) in [5.74, 6) is 1.89. The summed E-state index contributed by atoms with van der Waals surface area (Å²) in [5.41, 5.74) is 10.6.